The lowest BCUT2D eigenvalue weighted by atomic mass is 10.0. The Kier molecular flexibility index (Phi) is 4.18. The minimum absolute atomic E-state index is 0.467. The van der Waals surface area contributed by atoms with E-state index in [1.54, 1.807) is 6.20 Å². The molecule has 0 bridgehead atoms. The first-order chi connectivity index (χ1) is 8.66. The third-order valence-electron chi connectivity index (χ3n) is 3.34. The number of guanidine groups is 1. The topological polar surface area (TPSA) is 52.0 Å². The minimum atomic E-state index is 0.467. The monoisotopic (exact) mass is 246 g/mol. The van der Waals surface area contributed by atoms with Crippen molar-refractivity contribution in [2.45, 2.75) is 32.7 Å². The summed E-state index contributed by atoms with van der Waals surface area (Å²) in [6.45, 7) is 6.28. The lowest BCUT2D eigenvalue weighted by molar-refractivity contribution is 0.305. The van der Waals surface area contributed by atoms with E-state index >= 15 is 0 Å². The third-order valence-corrected chi connectivity index (χ3v) is 3.34. The van der Waals surface area contributed by atoms with Crippen LogP contribution in [0.4, 0.5) is 0 Å². The van der Waals surface area contributed by atoms with E-state index in [0.717, 1.165) is 25.9 Å². The Morgan fingerprint density at radius 2 is 2.39 bits per heavy atom. The summed E-state index contributed by atoms with van der Waals surface area (Å²) in [5.74, 6) is 1.24. The van der Waals surface area contributed by atoms with Crippen molar-refractivity contribution in [3.63, 3.8) is 0 Å². The summed E-state index contributed by atoms with van der Waals surface area (Å²) in [6.07, 6.45) is 5.80. The molecule has 0 spiro atoms. The van der Waals surface area contributed by atoms with Gasteiger partial charge in [-0.25, -0.2) is 0 Å². The van der Waals surface area contributed by atoms with Crippen LogP contribution >= 0.6 is 0 Å². The third kappa shape index (κ3) is 3.22. The number of hydrogen-bond donors (Lipinski definition) is 2. The van der Waals surface area contributed by atoms with Gasteiger partial charge in [0, 0.05) is 31.5 Å². The fraction of sp³-hybridized carbons (Fsp3) is 0.571. The minimum Gasteiger partial charge on any atom is -0.354 e. The van der Waals surface area contributed by atoms with Crippen LogP contribution in [0.1, 0.15) is 25.8 Å². The number of aromatic nitrogens is 1. The molecule has 0 saturated carbocycles. The highest BCUT2D eigenvalue weighted by Gasteiger charge is 2.27. The first-order valence-electron chi connectivity index (χ1n) is 6.65. The quantitative estimate of drug-likeness (QED) is 0.834. The highest BCUT2D eigenvalue weighted by Crippen LogP contribution is 2.16. The van der Waals surface area contributed by atoms with Gasteiger partial charge in [0.25, 0.3) is 0 Å². The first kappa shape index (κ1) is 12.9. The van der Waals surface area contributed by atoms with E-state index in [4.69, 9.17) is 5.41 Å². The van der Waals surface area contributed by atoms with E-state index in [-0.39, 0.29) is 0 Å². The molecule has 2 rings (SSSR count). The summed E-state index contributed by atoms with van der Waals surface area (Å²) in [5, 5.41) is 11.1. The molecule has 0 amide bonds. The van der Waals surface area contributed by atoms with Gasteiger partial charge >= 0.3 is 0 Å². The number of rotatable bonds is 5. The van der Waals surface area contributed by atoms with Crippen molar-refractivity contribution in [3.05, 3.63) is 30.1 Å². The van der Waals surface area contributed by atoms with Gasteiger partial charge in [-0.2, -0.15) is 0 Å². The van der Waals surface area contributed by atoms with Crippen molar-refractivity contribution in [1.82, 2.24) is 15.2 Å². The molecule has 1 aromatic rings. The van der Waals surface area contributed by atoms with Crippen molar-refractivity contribution in [1.29, 1.82) is 5.41 Å². The summed E-state index contributed by atoms with van der Waals surface area (Å²) in [4.78, 5) is 6.32. The second-order valence-electron chi connectivity index (χ2n) is 5.32. The summed E-state index contributed by atoms with van der Waals surface area (Å²) in [6, 6.07) is 4.53. The zero-order chi connectivity index (χ0) is 13.0. The van der Waals surface area contributed by atoms with E-state index in [9.17, 15) is 0 Å². The van der Waals surface area contributed by atoms with Crippen molar-refractivity contribution < 1.29 is 0 Å². The molecule has 2 heterocycles. The Bertz CT molecular complexity index is 388. The maximum absolute atomic E-state index is 7.95. The summed E-state index contributed by atoms with van der Waals surface area (Å²) < 4.78 is 0. The predicted octanol–water partition coefficient (Wildman–Crippen LogP) is 1.88. The summed E-state index contributed by atoms with van der Waals surface area (Å²) in [7, 11) is 0. The molecular weight excluding hydrogens is 224 g/mol. The van der Waals surface area contributed by atoms with Crippen LogP contribution < -0.4 is 5.32 Å². The molecule has 0 radical (unpaired) electrons. The van der Waals surface area contributed by atoms with Gasteiger partial charge in [-0.15, -0.1) is 0 Å². The average Bonchev–Trinajstić information content (AvgIpc) is 2.68. The van der Waals surface area contributed by atoms with Crippen LogP contribution in [0, 0.1) is 11.3 Å². The highest BCUT2D eigenvalue weighted by atomic mass is 15.4. The number of nitrogens with one attached hydrogen (secondary N) is 2. The van der Waals surface area contributed by atoms with Crippen LogP contribution in [-0.4, -0.2) is 35.0 Å². The summed E-state index contributed by atoms with van der Waals surface area (Å²) in [5.41, 5.74) is 1.24. The zero-order valence-corrected chi connectivity index (χ0v) is 11.2. The van der Waals surface area contributed by atoms with Gasteiger partial charge in [0.05, 0.1) is 0 Å². The Hall–Kier alpha value is -1.58. The molecule has 1 fully saturated rings. The van der Waals surface area contributed by atoms with Crippen LogP contribution in [-0.2, 0) is 6.42 Å². The van der Waals surface area contributed by atoms with Gasteiger partial charge in [-0.3, -0.25) is 10.4 Å². The average molecular weight is 246 g/mol. The van der Waals surface area contributed by atoms with Crippen LogP contribution in [0.5, 0.6) is 0 Å². The first-order valence-corrected chi connectivity index (χ1v) is 6.65. The van der Waals surface area contributed by atoms with Gasteiger partial charge in [0.2, 0.25) is 0 Å². The van der Waals surface area contributed by atoms with Crippen molar-refractivity contribution in [2.75, 3.05) is 13.1 Å². The van der Waals surface area contributed by atoms with E-state index in [0.29, 0.717) is 17.9 Å². The molecule has 1 unspecified atom stereocenters. The number of hydrogen-bond acceptors (Lipinski definition) is 2. The van der Waals surface area contributed by atoms with E-state index in [1.165, 1.54) is 5.56 Å². The second kappa shape index (κ2) is 5.85. The molecule has 2 N–H and O–H groups in total. The fourth-order valence-electron chi connectivity index (χ4n) is 2.45. The molecule has 1 aliphatic heterocycles. The van der Waals surface area contributed by atoms with Crippen LogP contribution in [0.15, 0.2) is 24.5 Å². The molecule has 1 aliphatic rings. The molecule has 1 atom stereocenters. The fourth-order valence-corrected chi connectivity index (χ4v) is 2.45. The second-order valence-corrected chi connectivity index (χ2v) is 5.32. The molecule has 4 nitrogen and oxygen atoms in total. The normalized spacial score (nSPS) is 19.4. The van der Waals surface area contributed by atoms with Crippen LogP contribution in [0.25, 0.3) is 0 Å². The SMILES string of the molecule is CC(C)CC1CNC(=N)N1CCc1cccnc1. The van der Waals surface area contributed by atoms with E-state index in [1.807, 2.05) is 12.3 Å². The zero-order valence-electron chi connectivity index (χ0n) is 11.2. The maximum Gasteiger partial charge on any atom is 0.191 e. The smallest absolute Gasteiger partial charge is 0.191 e. The molecule has 0 aromatic carbocycles. The molecule has 0 aliphatic carbocycles. The van der Waals surface area contributed by atoms with Crippen molar-refractivity contribution in [2.24, 2.45) is 5.92 Å². The Balaban J connectivity index is 1.91. The van der Waals surface area contributed by atoms with Crippen LogP contribution in [0.3, 0.4) is 0 Å². The molecule has 4 heteroatoms. The highest BCUT2D eigenvalue weighted by molar-refractivity contribution is 5.79. The Morgan fingerprint density at radius 1 is 1.56 bits per heavy atom. The number of nitrogens with zero attached hydrogens (tertiary/aromatic N) is 2. The lowest BCUT2D eigenvalue weighted by Gasteiger charge is -2.25. The number of pyridine rings is 1. The molecule has 18 heavy (non-hydrogen) atoms. The molecule has 1 aromatic heterocycles. The molecule has 1 saturated heterocycles. The van der Waals surface area contributed by atoms with E-state index in [2.05, 4.69) is 35.1 Å². The van der Waals surface area contributed by atoms with Gasteiger partial charge in [0.15, 0.2) is 5.96 Å². The van der Waals surface area contributed by atoms with Gasteiger partial charge in [-0.05, 0) is 30.4 Å². The Morgan fingerprint density at radius 3 is 3.06 bits per heavy atom. The van der Waals surface area contributed by atoms with Gasteiger partial charge < -0.3 is 10.2 Å². The van der Waals surface area contributed by atoms with Gasteiger partial charge in [0.1, 0.15) is 0 Å². The van der Waals surface area contributed by atoms with E-state index < -0.39 is 0 Å². The molecule has 98 valence electrons. The summed E-state index contributed by atoms with van der Waals surface area (Å²) >= 11 is 0. The lowest BCUT2D eigenvalue weighted by Crippen LogP contribution is -2.37. The van der Waals surface area contributed by atoms with Crippen molar-refractivity contribution in [3.8, 4) is 0 Å². The maximum atomic E-state index is 7.95. The van der Waals surface area contributed by atoms with Gasteiger partial charge in [-0.1, -0.05) is 19.9 Å². The van der Waals surface area contributed by atoms with Crippen molar-refractivity contribution >= 4 is 5.96 Å². The van der Waals surface area contributed by atoms with Crippen LogP contribution in [0.2, 0.25) is 0 Å². The molecular formula is C14H22N4. The largest absolute Gasteiger partial charge is 0.354 e. The Labute approximate surface area is 109 Å². The predicted molar refractivity (Wildman–Crippen MR) is 73.6 cm³/mol. The standard InChI is InChI=1S/C14H22N4/c1-11(2)8-13-10-17-14(15)18(13)7-5-12-4-3-6-16-9-12/h3-4,6,9,11,13H,5,7-8,10H2,1-2H3,(H2,15,17).